The molecule has 5 heteroatoms. The van der Waals surface area contributed by atoms with Gasteiger partial charge in [-0.05, 0) is 42.7 Å². The minimum atomic E-state index is -3.47. The molecule has 0 saturated carbocycles. The number of ketones is 1. The Labute approximate surface area is 144 Å². The number of nitrogens with zero attached hydrogens (tertiary/aromatic N) is 1. The summed E-state index contributed by atoms with van der Waals surface area (Å²) in [5, 5.41) is 0. The summed E-state index contributed by atoms with van der Waals surface area (Å²) in [6, 6.07) is 14.8. The van der Waals surface area contributed by atoms with Crippen LogP contribution in [0.1, 0.15) is 41.8 Å². The Kier molecular flexibility index (Phi) is 5.78. The van der Waals surface area contributed by atoms with E-state index in [1.807, 2.05) is 42.5 Å². The van der Waals surface area contributed by atoms with Gasteiger partial charge < -0.3 is 0 Å². The third-order valence-corrected chi connectivity index (χ3v) is 4.92. The lowest BCUT2D eigenvalue weighted by Gasteiger charge is -2.24. The maximum atomic E-state index is 12.3. The number of Topliss-reactive ketones (excluding diaryl/α,β-unsaturated/α-hetero) is 1. The zero-order valence-corrected chi connectivity index (χ0v) is 15.1. The van der Waals surface area contributed by atoms with Crippen LogP contribution in [0, 0.1) is 0 Å². The standard InChI is InChI=1S/C19H23NO3S/c1-4-8-17-11-18(15(2)21)13-19(12-17)20(24(3,22)23)14-16-9-6-5-7-10-16/h5-7,9-13H,4,8,14H2,1-3H3. The van der Waals surface area contributed by atoms with Crippen LogP contribution in [0.4, 0.5) is 5.69 Å². The van der Waals surface area contributed by atoms with Crippen LogP contribution in [-0.2, 0) is 23.0 Å². The predicted molar refractivity (Wildman–Crippen MR) is 97.9 cm³/mol. The molecule has 128 valence electrons. The molecular formula is C19H23NO3S. The Hall–Kier alpha value is -2.14. The van der Waals surface area contributed by atoms with Gasteiger partial charge in [0.05, 0.1) is 18.5 Å². The summed E-state index contributed by atoms with van der Waals surface area (Å²) in [6.07, 6.45) is 2.92. The van der Waals surface area contributed by atoms with Crippen molar-refractivity contribution in [3.63, 3.8) is 0 Å². The molecule has 0 saturated heterocycles. The summed E-state index contributed by atoms with van der Waals surface area (Å²) >= 11 is 0. The van der Waals surface area contributed by atoms with Crippen LogP contribution in [0.5, 0.6) is 0 Å². The molecule has 0 unspecified atom stereocenters. The monoisotopic (exact) mass is 345 g/mol. The van der Waals surface area contributed by atoms with E-state index in [4.69, 9.17) is 0 Å². The average molecular weight is 345 g/mol. The smallest absolute Gasteiger partial charge is 0.232 e. The highest BCUT2D eigenvalue weighted by Gasteiger charge is 2.19. The van der Waals surface area contributed by atoms with Crippen LogP contribution in [0.2, 0.25) is 0 Å². The Morgan fingerprint density at radius 2 is 1.71 bits per heavy atom. The van der Waals surface area contributed by atoms with Gasteiger partial charge in [-0.3, -0.25) is 9.10 Å². The number of anilines is 1. The number of hydrogen-bond donors (Lipinski definition) is 0. The van der Waals surface area contributed by atoms with Crippen molar-refractivity contribution in [1.82, 2.24) is 0 Å². The molecule has 2 rings (SSSR count). The maximum absolute atomic E-state index is 12.3. The summed E-state index contributed by atoms with van der Waals surface area (Å²) < 4.78 is 26.0. The van der Waals surface area contributed by atoms with E-state index >= 15 is 0 Å². The van der Waals surface area contributed by atoms with Gasteiger partial charge in [-0.2, -0.15) is 0 Å². The molecule has 0 aliphatic heterocycles. The van der Waals surface area contributed by atoms with Crippen LogP contribution in [0.25, 0.3) is 0 Å². The third kappa shape index (κ3) is 4.68. The fourth-order valence-electron chi connectivity index (χ4n) is 2.60. The SMILES string of the molecule is CCCc1cc(C(C)=O)cc(N(Cc2ccccc2)S(C)(=O)=O)c1. The van der Waals surface area contributed by atoms with E-state index in [9.17, 15) is 13.2 Å². The molecule has 24 heavy (non-hydrogen) atoms. The zero-order valence-electron chi connectivity index (χ0n) is 14.3. The molecule has 4 nitrogen and oxygen atoms in total. The average Bonchev–Trinajstić information content (AvgIpc) is 2.52. The van der Waals surface area contributed by atoms with Crippen molar-refractivity contribution >= 4 is 21.5 Å². The normalized spacial score (nSPS) is 11.3. The van der Waals surface area contributed by atoms with Gasteiger partial charge in [0.2, 0.25) is 10.0 Å². The molecule has 0 atom stereocenters. The topological polar surface area (TPSA) is 54.5 Å². The molecule has 0 spiro atoms. The Morgan fingerprint density at radius 1 is 1.04 bits per heavy atom. The number of benzene rings is 2. The van der Waals surface area contributed by atoms with Crippen LogP contribution < -0.4 is 4.31 Å². The van der Waals surface area contributed by atoms with Gasteiger partial charge in [0.15, 0.2) is 5.78 Å². The first-order valence-electron chi connectivity index (χ1n) is 7.98. The number of rotatable bonds is 7. The van der Waals surface area contributed by atoms with Crippen molar-refractivity contribution in [3.8, 4) is 0 Å². The Bertz CT molecular complexity index is 814. The number of aryl methyl sites for hydroxylation is 1. The van der Waals surface area contributed by atoms with E-state index in [-0.39, 0.29) is 12.3 Å². The van der Waals surface area contributed by atoms with Gasteiger partial charge in [0.1, 0.15) is 0 Å². The van der Waals surface area contributed by atoms with Crippen molar-refractivity contribution in [2.75, 3.05) is 10.6 Å². The van der Waals surface area contributed by atoms with E-state index in [1.165, 1.54) is 17.5 Å². The van der Waals surface area contributed by atoms with Gasteiger partial charge in [-0.1, -0.05) is 43.7 Å². The molecule has 0 amide bonds. The molecule has 0 aromatic heterocycles. The van der Waals surface area contributed by atoms with E-state index in [0.717, 1.165) is 24.0 Å². The number of carbonyl (C=O) groups is 1. The minimum absolute atomic E-state index is 0.0673. The molecule has 0 aliphatic rings. The maximum Gasteiger partial charge on any atom is 0.232 e. The first kappa shape index (κ1) is 18.2. The van der Waals surface area contributed by atoms with E-state index in [1.54, 1.807) is 6.07 Å². The third-order valence-electron chi connectivity index (χ3n) is 3.78. The van der Waals surface area contributed by atoms with Gasteiger partial charge >= 0.3 is 0 Å². The summed E-state index contributed by atoms with van der Waals surface area (Å²) in [7, 11) is -3.47. The van der Waals surface area contributed by atoms with E-state index in [0.29, 0.717) is 11.3 Å². The molecule has 2 aromatic carbocycles. The number of hydrogen-bond acceptors (Lipinski definition) is 3. The number of carbonyl (C=O) groups excluding carboxylic acids is 1. The van der Waals surface area contributed by atoms with Crippen LogP contribution in [-0.4, -0.2) is 20.5 Å². The van der Waals surface area contributed by atoms with Gasteiger partial charge in [0, 0.05) is 5.56 Å². The van der Waals surface area contributed by atoms with Gasteiger partial charge in [0.25, 0.3) is 0 Å². The van der Waals surface area contributed by atoms with E-state index < -0.39 is 10.0 Å². The van der Waals surface area contributed by atoms with Gasteiger partial charge in [-0.25, -0.2) is 8.42 Å². The first-order chi connectivity index (χ1) is 11.3. The molecule has 2 aromatic rings. The van der Waals surface area contributed by atoms with Crippen LogP contribution >= 0.6 is 0 Å². The molecule has 0 heterocycles. The molecule has 0 aliphatic carbocycles. The second-order valence-electron chi connectivity index (χ2n) is 5.95. The quantitative estimate of drug-likeness (QED) is 0.717. The highest BCUT2D eigenvalue weighted by Crippen LogP contribution is 2.25. The molecule has 0 fully saturated rings. The van der Waals surface area contributed by atoms with Crippen molar-refractivity contribution in [2.45, 2.75) is 33.2 Å². The highest BCUT2D eigenvalue weighted by atomic mass is 32.2. The minimum Gasteiger partial charge on any atom is -0.295 e. The van der Waals surface area contributed by atoms with Crippen molar-refractivity contribution in [3.05, 3.63) is 65.2 Å². The first-order valence-corrected chi connectivity index (χ1v) is 9.82. The second-order valence-corrected chi connectivity index (χ2v) is 7.86. The van der Waals surface area contributed by atoms with Crippen molar-refractivity contribution in [2.24, 2.45) is 0 Å². The molecular weight excluding hydrogens is 322 g/mol. The lowest BCUT2D eigenvalue weighted by molar-refractivity contribution is 0.101. The molecule has 0 N–H and O–H groups in total. The predicted octanol–water partition coefficient (Wildman–Crippen LogP) is 3.81. The second kappa shape index (κ2) is 7.62. The Balaban J connectivity index is 2.51. The largest absolute Gasteiger partial charge is 0.295 e. The van der Waals surface area contributed by atoms with Crippen LogP contribution in [0.3, 0.4) is 0 Å². The zero-order chi connectivity index (χ0) is 17.7. The summed E-state index contributed by atoms with van der Waals surface area (Å²) in [6.45, 7) is 3.79. The highest BCUT2D eigenvalue weighted by molar-refractivity contribution is 7.92. The fraction of sp³-hybridized carbons (Fsp3) is 0.316. The van der Waals surface area contributed by atoms with Crippen molar-refractivity contribution in [1.29, 1.82) is 0 Å². The number of sulfonamides is 1. The summed E-state index contributed by atoms with van der Waals surface area (Å²) in [4.78, 5) is 11.8. The fourth-order valence-corrected chi connectivity index (χ4v) is 3.48. The molecule has 0 bridgehead atoms. The van der Waals surface area contributed by atoms with Gasteiger partial charge in [-0.15, -0.1) is 0 Å². The summed E-state index contributed by atoms with van der Waals surface area (Å²) in [5.41, 5.74) is 2.95. The molecule has 0 radical (unpaired) electrons. The van der Waals surface area contributed by atoms with Crippen LogP contribution in [0.15, 0.2) is 48.5 Å². The lowest BCUT2D eigenvalue weighted by Crippen LogP contribution is -2.29. The summed E-state index contributed by atoms with van der Waals surface area (Å²) in [5.74, 6) is -0.0673. The van der Waals surface area contributed by atoms with E-state index in [2.05, 4.69) is 6.92 Å². The lowest BCUT2D eigenvalue weighted by atomic mass is 10.0. The Morgan fingerprint density at radius 3 is 2.25 bits per heavy atom. The van der Waals surface area contributed by atoms with Crippen molar-refractivity contribution < 1.29 is 13.2 Å².